The number of aromatic nitrogens is 4. The lowest BCUT2D eigenvalue weighted by molar-refractivity contribution is 0.719. The fourth-order valence-electron chi connectivity index (χ4n) is 1.06. The molecule has 0 N–H and O–H groups in total. The number of nitriles is 1. The van der Waals surface area contributed by atoms with Gasteiger partial charge in [0.2, 0.25) is 0 Å². The van der Waals surface area contributed by atoms with E-state index >= 15 is 0 Å². The Morgan fingerprint density at radius 3 is 2.50 bits per heavy atom. The van der Waals surface area contributed by atoms with Crippen molar-refractivity contribution >= 4 is 0 Å². The quantitative estimate of drug-likeness (QED) is 0.660. The standard InChI is InChI=1S/C9H7N5/c1-7-11-13-14(12-7)9-4-2-8(6-10)3-5-9/h2-5H,1H3. The Morgan fingerprint density at radius 2 is 2.00 bits per heavy atom. The van der Waals surface area contributed by atoms with Gasteiger partial charge in [0.25, 0.3) is 0 Å². The van der Waals surface area contributed by atoms with E-state index in [0.717, 1.165) is 5.69 Å². The van der Waals surface area contributed by atoms with E-state index in [1.165, 1.54) is 4.80 Å². The van der Waals surface area contributed by atoms with Crippen molar-refractivity contribution in [2.75, 3.05) is 0 Å². The maximum absolute atomic E-state index is 8.60. The first-order chi connectivity index (χ1) is 6.79. The van der Waals surface area contributed by atoms with E-state index in [2.05, 4.69) is 15.4 Å². The molecule has 0 bridgehead atoms. The van der Waals surface area contributed by atoms with Crippen molar-refractivity contribution in [1.29, 1.82) is 5.26 Å². The fourth-order valence-corrected chi connectivity index (χ4v) is 1.06. The maximum atomic E-state index is 8.60. The van der Waals surface area contributed by atoms with Crippen LogP contribution in [0.4, 0.5) is 0 Å². The highest BCUT2D eigenvalue weighted by Gasteiger charge is 2.00. The molecule has 0 unspecified atom stereocenters. The molecule has 0 spiro atoms. The van der Waals surface area contributed by atoms with Crippen LogP contribution in [0, 0.1) is 18.3 Å². The van der Waals surface area contributed by atoms with Gasteiger partial charge in [-0.3, -0.25) is 0 Å². The van der Waals surface area contributed by atoms with Crippen molar-refractivity contribution in [2.45, 2.75) is 6.92 Å². The van der Waals surface area contributed by atoms with Crippen LogP contribution in [0.3, 0.4) is 0 Å². The first-order valence-corrected chi connectivity index (χ1v) is 4.07. The first-order valence-electron chi connectivity index (χ1n) is 4.07. The van der Waals surface area contributed by atoms with Gasteiger partial charge in [0.05, 0.1) is 17.3 Å². The number of rotatable bonds is 1. The Bertz CT molecular complexity index is 477. The summed E-state index contributed by atoms with van der Waals surface area (Å²) >= 11 is 0. The van der Waals surface area contributed by atoms with Gasteiger partial charge in [0.1, 0.15) is 0 Å². The largest absolute Gasteiger partial charge is 0.192 e. The Hall–Kier alpha value is -2.22. The van der Waals surface area contributed by atoms with Crippen LogP contribution in [0.2, 0.25) is 0 Å². The molecule has 0 fully saturated rings. The molecule has 0 aliphatic heterocycles. The number of hydrogen-bond acceptors (Lipinski definition) is 4. The maximum Gasteiger partial charge on any atom is 0.172 e. The Labute approximate surface area is 80.6 Å². The minimum atomic E-state index is 0.616. The Kier molecular flexibility index (Phi) is 1.95. The molecule has 68 valence electrons. The predicted molar refractivity (Wildman–Crippen MR) is 48.6 cm³/mol. The summed E-state index contributed by atoms with van der Waals surface area (Å²) in [6, 6.07) is 9.03. The molecule has 2 rings (SSSR count). The van der Waals surface area contributed by atoms with Crippen LogP contribution in [0.5, 0.6) is 0 Å². The van der Waals surface area contributed by atoms with Gasteiger partial charge in [-0.1, -0.05) is 0 Å². The lowest BCUT2D eigenvalue weighted by atomic mass is 10.2. The van der Waals surface area contributed by atoms with Crippen molar-refractivity contribution in [2.24, 2.45) is 0 Å². The first kappa shape index (κ1) is 8.38. The molecule has 0 radical (unpaired) electrons. The zero-order valence-corrected chi connectivity index (χ0v) is 7.55. The lowest BCUT2D eigenvalue weighted by Gasteiger charge is -1.96. The van der Waals surface area contributed by atoms with Crippen molar-refractivity contribution < 1.29 is 0 Å². The number of hydrogen-bond donors (Lipinski definition) is 0. The molecule has 14 heavy (non-hydrogen) atoms. The molecule has 1 heterocycles. The van der Waals surface area contributed by atoms with E-state index in [1.807, 2.05) is 6.07 Å². The van der Waals surface area contributed by atoms with Crippen molar-refractivity contribution in [3.05, 3.63) is 35.7 Å². The van der Waals surface area contributed by atoms with E-state index in [1.54, 1.807) is 31.2 Å². The summed E-state index contributed by atoms with van der Waals surface area (Å²) in [7, 11) is 0. The smallest absolute Gasteiger partial charge is 0.172 e. The predicted octanol–water partition coefficient (Wildman–Crippen LogP) is 0.842. The van der Waals surface area contributed by atoms with Gasteiger partial charge in [-0.05, 0) is 36.4 Å². The van der Waals surface area contributed by atoms with Crippen LogP contribution in [0.15, 0.2) is 24.3 Å². The summed E-state index contributed by atoms with van der Waals surface area (Å²) in [6.45, 7) is 1.77. The molecule has 0 aliphatic carbocycles. The molecule has 2 aromatic rings. The van der Waals surface area contributed by atoms with Crippen molar-refractivity contribution in [3.8, 4) is 11.8 Å². The minimum absolute atomic E-state index is 0.616. The Balaban J connectivity index is 2.39. The fraction of sp³-hybridized carbons (Fsp3) is 0.111. The zero-order chi connectivity index (χ0) is 9.97. The zero-order valence-electron chi connectivity index (χ0n) is 7.55. The molecule has 0 amide bonds. The third-order valence-corrected chi connectivity index (χ3v) is 1.74. The molecule has 1 aromatic heterocycles. The highest BCUT2D eigenvalue weighted by molar-refractivity contribution is 5.37. The Morgan fingerprint density at radius 1 is 1.29 bits per heavy atom. The topological polar surface area (TPSA) is 67.4 Å². The molecule has 0 aliphatic rings. The molecule has 0 saturated carbocycles. The van der Waals surface area contributed by atoms with Crippen LogP contribution in [-0.4, -0.2) is 20.2 Å². The second kappa shape index (κ2) is 3.26. The lowest BCUT2D eigenvalue weighted by Crippen LogP contribution is -1.98. The molecular formula is C9H7N5. The summed E-state index contributed by atoms with van der Waals surface area (Å²) in [5.41, 5.74) is 1.41. The summed E-state index contributed by atoms with van der Waals surface area (Å²) in [5, 5.41) is 20.2. The molecule has 0 atom stereocenters. The van der Waals surface area contributed by atoms with Gasteiger partial charge < -0.3 is 0 Å². The summed E-state index contributed by atoms with van der Waals surface area (Å²) in [6.07, 6.45) is 0. The van der Waals surface area contributed by atoms with E-state index in [-0.39, 0.29) is 0 Å². The minimum Gasteiger partial charge on any atom is -0.192 e. The normalized spacial score (nSPS) is 9.71. The van der Waals surface area contributed by atoms with Gasteiger partial charge in [0.15, 0.2) is 5.82 Å². The van der Waals surface area contributed by atoms with Gasteiger partial charge in [-0.25, -0.2) is 0 Å². The summed E-state index contributed by atoms with van der Waals surface area (Å²) < 4.78 is 0. The van der Waals surface area contributed by atoms with E-state index in [4.69, 9.17) is 5.26 Å². The third-order valence-electron chi connectivity index (χ3n) is 1.74. The van der Waals surface area contributed by atoms with Crippen LogP contribution in [0.1, 0.15) is 11.4 Å². The second-order valence-electron chi connectivity index (χ2n) is 2.78. The van der Waals surface area contributed by atoms with E-state index in [0.29, 0.717) is 11.4 Å². The number of nitrogens with zero attached hydrogens (tertiary/aromatic N) is 5. The molecule has 5 heteroatoms. The van der Waals surface area contributed by atoms with Crippen LogP contribution >= 0.6 is 0 Å². The third kappa shape index (κ3) is 1.45. The summed E-state index contributed by atoms with van der Waals surface area (Å²) in [5.74, 6) is 0.620. The average molecular weight is 185 g/mol. The molecular weight excluding hydrogens is 178 g/mol. The number of aryl methyl sites for hydroxylation is 1. The molecule has 0 saturated heterocycles. The van der Waals surface area contributed by atoms with Gasteiger partial charge in [0, 0.05) is 0 Å². The van der Waals surface area contributed by atoms with Crippen LogP contribution in [-0.2, 0) is 0 Å². The second-order valence-corrected chi connectivity index (χ2v) is 2.78. The van der Waals surface area contributed by atoms with Crippen LogP contribution < -0.4 is 0 Å². The highest BCUT2D eigenvalue weighted by Crippen LogP contribution is 2.05. The number of benzene rings is 1. The van der Waals surface area contributed by atoms with Gasteiger partial charge in [-0.2, -0.15) is 5.26 Å². The van der Waals surface area contributed by atoms with Gasteiger partial charge >= 0.3 is 0 Å². The van der Waals surface area contributed by atoms with Crippen LogP contribution in [0.25, 0.3) is 5.69 Å². The molecule has 5 nitrogen and oxygen atoms in total. The van der Waals surface area contributed by atoms with E-state index < -0.39 is 0 Å². The number of tetrazole rings is 1. The average Bonchev–Trinajstić information content (AvgIpc) is 2.65. The summed E-state index contributed by atoms with van der Waals surface area (Å²) in [4.78, 5) is 1.43. The van der Waals surface area contributed by atoms with Crippen molar-refractivity contribution in [3.63, 3.8) is 0 Å². The SMILES string of the molecule is Cc1nnn(-c2ccc(C#N)cc2)n1. The van der Waals surface area contributed by atoms with E-state index in [9.17, 15) is 0 Å². The monoisotopic (exact) mass is 185 g/mol. The van der Waals surface area contributed by atoms with Crippen molar-refractivity contribution in [1.82, 2.24) is 20.2 Å². The van der Waals surface area contributed by atoms with Gasteiger partial charge in [-0.15, -0.1) is 15.0 Å². The highest BCUT2D eigenvalue weighted by atomic mass is 15.6. The molecule has 1 aromatic carbocycles.